The number of hydrogen-bond acceptors (Lipinski definition) is 3. The molecule has 108 valence electrons. The van der Waals surface area contributed by atoms with Gasteiger partial charge in [-0.15, -0.1) is 5.10 Å². The van der Waals surface area contributed by atoms with Crippen molar-refractivity contribution in [3.8, 4) is 0 Å². The van der Waals surface area contributed by atoms with Crippen LogP contribution in [0.4, 0.5) is 4.39 Å². The van der Waals surface area contributed by atoms with Gasteiger partial charge >= 0.3 is 0 Å². The third-order valence-corrected chi connectivity index (χ3v) is 3.50. The molecular weight excluding hydrogens is 323 g/mol. The van der Waals surface area contributed by atoms with Gasteiger partial charge in [0, 0.05) is 16.6 Å². The van der Waals surface area contributed by atoms with E-state index in [1.54, 1.807) is 10.7 Å². The zero-order valence-electron chi connectivity index (χ0n) is 11.8. The lowest BCUT2D eigenvalue weighted by atomic mass is 10.1. The Bertz CT molecular complexity index is 589. The van der Waals surface area contributed by atoms with Gasteiger partial charge in [0.25, 0.3) is 0 Å². The molecule has 0 unspecified atom stereocenters. The smallest absolute Gasteiger partial charge is 0.123 e. The molecule has 4 nitrogen and oxygen atoms in total. The monoisotopic (exact) mass is 340 g/mol. The van der Waals surface area contributed by atoms with Crippen molar-refractivity contribution in [2.24, 2.45) is 0 Å². The molecule has 2 aromatic rings. The van der Waals surface area contributed by atoms with Crippen molar-refractivity contribution in [2.75, 3.05) is 0 Å². The molecule has 0 amide bonds. The lowest BCUT2D eigenvalue weighted by Crippen LogP contribution is -2.35. The molecule has 0 fully saturated rings. The highest BCUT2D eigenvalue weighted by molar-refractivity contribution is 9.10. The Balaban J connectivity index is 2.04. The predicted octanol–water partition coefficient (Wildman–Crippen LogP) is 3.12. The molecule has 0 bridgehead atoms. The third-order valence-electron chi connectivity index (χ3n) is 2.73. The summed E-state index contributed by atoms with van der Waals surface area (Å²) in [7, 11) is 0. The maximum absolute atomic E-state index is 13.2. The standard InChI is InChI=1S/C14H18BrFN4/c1-14(2,3)17-7-12-9-20(19-18-12)8-10-6-11(16)4-5-13(10)15/h4-6,9,17H,7-8H2,1-3H3. The van der Waals surface area contributed by atoms with Gasteiger partial charge in [-0.25, -0.2) is 9.07 Å². The summed E-state index contributed by atoms with van der Waals surface area (Å²) in [6.07, 6.45) is 1.87. The molecular formula is C14H18BrFN4. The summed E-state index contributed by atoms with van der Waals surface area (Å²) in [6.45, 7) is 7.44. The number of benzene rings is 1. The number of halogens is 2. The first kappa shape index (κ1) is 15.1. The lowest BCUT2D eigenvalue weighted by molar-refractivity contribution is 0.421. The molecule has 0 saturated carbocycles. The lowest BCUT2D eigenvalue weighted by Gasteiger charge is -2.19. The second-order valence-electron chi connectivity index (χ2n) is 5.75. The van der Waals surface area contributed by atoms with Crippen LogP contribution in [-0.4, -0.2) is 20.5 Å². The Morgan fingerprint density at radius 3 is 2.80 bits per heavy atom. The molecule has 0 aliphatic carbocycles. The van der Waals surface area contributed by atoms with Crippen LogP contribution in [0.5, 0.6) is 0 Å². The van der Waals surface area contributed by atoms with Crippen molar-refractivity contribution in [3.05, 3.63) is 45.9 Å². The summed E-state index contributed by atoms with van der Waals surface area (Å²) in [4.78, 5) is 0. The fourth-order valence-electron chi connectivity index (χ4n) is 1.69. The number of aromatic nitrogens is 3. The van der Waals surface area contributed by atoms with Crippen LogP contribution in [0.15, 0.2) is 28.9 Å². The van der Waals surface area contributed by atoms with Gasteiger partial charge in [-0.1, -0.05) is 21.1 Å². The molecule has 0 spiro atoms. The summed E-state index contributed by atoms with van der Waals surface area (Å²) in [6, 6.07) is 4.62. The minimum absolute atomic E-state index is 0.0371. The SMILES string of the molecule is CC(C)(C)NCc1cn(Cc2cc(F)ccc2Br)nn1. The van der Waals surface area contributed by atoms with Crippen LogP contribution < -0.4 is 5.32 Å². The van der Waals surface area contributed by atoms with E-state index in [1.165, 1.54) is 12.1 Å². The minimum Gasteiger partial charge on any atom is -0.306 e. The Morgan fingerprint density at radius 2 is 2.10 bits per heavy atom. The van der Waals surface area contributed by atoms with Crippen molar-refractivity contribution in [2.45, 2.75) is 39.4 Å². The zero-order chi connectivity index (χ0) is 14.8. The van der Waals surface area contributed by atoms with Crippen LogP contribution >= 0.6 is 15.9 Å². The third kappa shape index (κ3) is 4.38. The maximum Gasteiger partial charge on any atom is 0.123 e. The molecule has 0 saturated heterocycles. The summed E-state index contributed by atoms with van der Waals surface area (Å²) in [5.74, 6) is -0.252. The van der Waals surface area contributed by atoms with Crippen LogP contribution in [0, 0.1) is 5.82 Å². The minimum atomic E-state index is -0.252. The van der Waals surface area contributed by atoms with E-state index in [2.05, 4.69) is 52.3 Å². The molecule has 0 atom stereocenters. The summed E-state index contributed by atoms with van der Waals surface area (Å²) < 4.78 is 15.8. The van der Waals surface area contributed by atoms with Crippen LogP contribution in [0.3, 0.4) is 0 Å². The average molecular weight is 341 g/mol. The Morgan fingerprint density at radius 1 is 1.35 bits per heavy atom. The van der Waals surface area contributed by atoms with Gasteiger partial charge in [0.1, 0.15) is 5.82 Å². The number of nitrogens with zero attached hydrogens (tertiary/aromatic N) is 3. The van der Waals surface area contributed by atoms with Gasteiger partial charge in [0.15, 0.2) is 0 Å². The van der Waals surface area contributed by atoms with E-state index in [0.29, 0.717) is 13.1 Å². The van der Waals surface area contributed by atoms with Crippen molar-refractivity contribution >= 4 is 15.9 Å². The molecule has 0 radical (unpaired) electrons. The van der Waals surface area contributed by atoms with E-state index < -0.39 is 0 Å². The Hall–Kier alpha value is -1.27. The second-order valence-corrected chi connectivity index (χ2v) is 6.60. The highest BCUT2D eigenvalue weighted by Crippen LogP contribution is 2.18. The van der Waals surface area contributed by atoms with Gasteiger partial charge in [0.05, 0.1) is 18.4 Å². The molecule has 2 rings (SSSR count). The van der Waals surface area contributed by atoms with Crippen LogP contribution in [-0.2, 0) is 13.1 Å². The molecule has 20 heavy (non-hydrogen) atoms. The fourth-order valence-corrected chi connectivity index (χ4v) is 2.06. The normalized spacial score (nSPS) is 11.8. The molecule has 1 heterocycles. The molecule has 6 heteroatoms. The van der Waals surface area contributed by atoms with Crippen molar-refractivity contribution < 1.29 is 4.39 Å². The topological polar surface area (TPSA) is 42.7 Å². The van der Waals surface area contributed by atoms with Gasteiger partial charge < -0.3 is 5.32 Å². The predicted molar refractivity (Wildman–Crippen MR) is 79.8 cm³/mol. The van der Waals surface area contributed by atoms with Gasteiger partial charge in [-0.3, -0.25) is 0 Å². The first-order valence-electron chi connectivity index (χ1n) is 6.41. The van der Waals surface area contributed by atoms with Crippen LogP contribution in [0.2, 0.25) is 0 Å². The quantitative estimate of drug-likeness (QED) is 0.929. The molecule has 0 aliphatic heterocycles. The first-order valence-corrected chi connectivity index (χ1v) is 7.21. The van der Waals surface area contributed by atoms with Crippen LogP contribution in [0.25, 0.3) is 0 Å². The van der Waals surface area contributed by atoms with E-state index in [9.17, 15) is 4.39 Å². The van der Waals surface area contributed by atoms with Gasteiger partial charge in [0.2, 0.25) is 0 Å². The van der Waals surface area contributed by atoms with E-state index in [4.69, 9.17) is 0 Å². The van der Waals surface area contributed by atoms with E-state index >= 15 is 0 Å². The van der Waals surface area contributed by atoms with Gasteiger partial charge in [-0.05, 0) is 44.5 Å². The van der Waals surface area contributed by atoms with Gasteiger partial charge in [-0.2, -0.15) is 0 Å². The fraction of sp³-hybridized carbons (Fsp3) is 0.429. The molecule has 1 aromatic heterocycles. The second kappa shape index (κ2) is 6.01. The Labute approximate surface area is 126 Å². The first-order chi connectivity index (χ1) is 9.33. The Kier molecular flexibility index (Phi) is 4.55. The molecule has 1 N–H and O–H groups in total. The average Bonchev–Trinajstić information content (AvgIpc) is 2.78. The van der Waals surface area contributed by atoms with Crippen molar-refractivity contribution in [1.29, 1.82) is 0 Å². The highest BCUT2D eigenvalue weighted by Gasteiger charge is 2.10. The number of rotatable bonds is 4. The van der Waals surface area contributed by atoms with Crippen LogP contribution in [0.1, 0.15) is 32.0 Å². The van der Waals surface area contributed by atoms with E-state index in [0.717, 1.165) is 15.7 Å². The summed E-state index contributed by atoms with van der Waals surface area (Å²) in [5, 5.41) is 11.5. The number of nitrogens with one attached hydrogen (secondary N) is 1. The van der Waals surface area contributed by atoms with Crippen molar-refractivity contribution in [1.82, 2.24) is 20.3 Å². The summed E-state index contributed by atoms with van der Waals surface area (Å²) >= 11 is 3.41. The molecule has 1 aromatic carbocycles. The highest BCUT2D eigenvalue weighted by atomic mass is 79.9. The van der Waals surface area contributed by atoms with E-state index in [1.807, 2.05) is 6.20 Å². The number of hydrogen-bond donors (Lipinski definition) is 1. The zero-order valence-corrected chi connectivity index (χ0v) is 13.4. The maximum atomic E-state index is 13.2. The van der Waals surface area contributed by atoms with Crippen molar-refractivity contribution in [3.63, 3.8) is 0 Å². The summed E-state index contributed by atoms with van der Waals surface area (Å²) in [5.41, 5.74) is 1.74. The van der Waals surface area contributed by atoms with E-state index in [-0.39, 0.29) is 11.4 Å². The largest absolute Gasteiger partial charge is 0.306 e. The molecule has 0 aliphatic rings.